The number of rotatable bonds is 5. The number of aromatic nitrogens is 1. The number of halogens is 1. The lowest BCUT2D eigenvalue weighted by atomic mass is 10.3. The molecule has 0 N–H and O–H groups in total. The number of hydrogen-bond acceptors (Lipinski definition) is 7. The fourth-order valence-electron chi connectivity index (χ4n) is 3.03. The molecule has 1 fully saturated rings. The van der Waals surface area contributed by atoms with Gasteiger partial charge in [0.1, 0.15) is 11.8 Å². The number of ether oxygens (including phenoxy) is 1. The molecule has 0 radical (unpaired) electrons. The number of anilines is 1. The van der Waals surface area contributed by atoms with Crippen LogP contribution < -0.4 is 9.64 Å². The molecule has 1 aromatic carbocycles. The van der Waals surface area contributed by atoms with E-state index in [4.69, 9.17) is 25.2 Å². The molecule has 1 amide bonds. The highest BCUT2D eigenvalue weighted by molar-refractivity contribution is 6.30. The lowest BCUT2D eigenvalue weighted by Crippen LogP contribution is -2.50. The molecule has 148 valence electrons. The Morgan fingerprint density at radius 1 is 1.21 bits per heavy atom. The van der Waals surface area contributed by atoms with E-state index < -0.39 is 0 Å². The molecular weight excluding hydrogens is 396 g/mol. The lowest BCUT2D eigenvalue weighted by molar-refractivity contribution is -0.133. The zero-order valence-electron chi connectivity index (χ0n) is 15.4. The van der Waals surface area contributed by atoms with Crippen LogP contribution in [-0.4, -0.2) is 48.6 Å². The van der Waals surface area contributed by atoms with E-state index >= 15 is 0 Å². The van der Waals surface area contributed by atoms with Crippen molar-refractivity contribution >= 4 is 23.4 Å². The van der Waals surface area contributed by atoms with Crippen molar-refractivity contribution in [3.8, 4) is 23.5 Å². The molecule has 0 unspecified atom stereocenters. The van der Waals surface area contributed by atoms with Crippen LogP contribution in [0, 0.1) is 11.3 Å². The molecule has 9 heteroatoms. The van der Waals surface area contributed by atoms with Crippen molar-refractivity contribution in [2.75, 3.05) is 37.7 Å². The van der Waals surface area contributed by atoms with Crippen molar-refractivity contribution in [3.05, 3.63) is 53.4 Å². The Morgan fingerprint density at radius 2 is 1.97 bits per heavy atom. The molecule has 0 bridgehead atoms. The molecule has 0 atom stereocenters. The van der Waals surface area contributed by atoms with Gasteiger partial charge in [-0.25, -0.2) is 0 Å². The van der Waals surface area contributed by atoms with Crippen molar-refractivity contribution in [3.63, 3.8) is 0 Å². The summed E-state index contributed by atoms with van der Waals surface area (Å²) >= 11 is 5.84. The first-order valence-corrected chi connectivity index (χ1v) is 9.38. The summed E-state index contributed by atoms with van der Waals surface area (Å²) in [6.45, 7) is 1.98. The molecule has 1 aliphatic rings. The van der Waals surface area contributed by atoms with Gasteiger partial charge in [-0.05, 0) is 36.4 Å². The molecule has 1 saturated heterocycles. The Balaban J connectivity index is 1.35. The predicted octanol–water partition coefficient (Wildman–Crippen LogP) is 3.19. The van der Waals surface area contributed by atoms with Crippen LogP contribution in [0.3, 0.4) is 0 Å². The van der Waals surface area contributed by atoms with Crippen LogP contribution in [0.4, 0.5) is 5.88 Å². The van der Waals surface area contributed by atoms with E-state index in [1.165, 1.54) is 6.26 Å². The van der Waals surface area contributed by atoms with E-state index in [0.29, 0.717) is 48.6 Å². The summed E-state index contributed by atoms with van der Waals surface area (Å²) in [5.41, 5.74) is 0.197. The molecular formula is C20H17ClN4O4. The van der Waals surface area contributed by atoms with Crippen molar-refractivity contribution in [2.24, 2.45) is 0 Å². The Morgan fingerprint density at radius 3 is 2.62 bits per heavy atom. The van der Waals surface area contributed by atoms with Crippen LogP contribution in [0.2, 0.25) is 5.02 Å². The summed E-state index contributed by atoms with van der Waals surface area (Å²) in [6, 6.07) is 12.4. The number of hydrogen-bond donors (Lipinski definition) is 0. The summed E-state index contributed by atoms with van der Waals surface area (Å²) in [5.74, 6) is 1.60. The molecule has 4 rings (SSSR count). The van der Waals surface area contributed by atoms with Crippen molar-refractivity contribution in [1.29, 1.82) is 5.26 Å². The third-order valence-corrected chi connectivity index (χ3v) is 4.79. The standard InChI is InChI=1S/C20H17ClN4O4/c21-14-3-5-15(6-4-14)28-13-18(26)24-7-9-25(10-8-24)20-16(12-22)23-19(29-20)17-2-1-11-27-17/h1-6,11H,7-10,13H2. The van der Waals surface area contributed by atoms with E-state index in [1.54, 1.807) is 41.3 Å². The number of benzene rings is 1. The number of carbonyl (C=O) groups excluding carboxylic acids is 1. The van der Waals surface area contributed by atoms with Gasteiger partial charge in [0, 0.05) is 31.2 Å². The Hall–Kier alpha value is -3.44. The molecule has 2 aromatic heterocycles. The number of nitriles is 1. The molecule has 3 heterocycles. The second-order valence-electron chi connectivity index (χ2n) is 6.37. The Bertz CT molecular complexity index is 1020. The maximum atomic E-state index is 12.4. The monoisotopic (exact) mass is 412 g/mol. The highest BCUT2D eigenvalue weighted by atomic mass is 35.5. The van der Waals surface area contributed by atoms with E-state index in [9.17, 15) is 10.1 Å². The number of nitrogens with zero attached hydrogens (tertiary/aromatic N) is 4. The minimum Gasteiger partial charge on any atom is -0.484 e. The van der Waals surface area contributed by atoms with E-state index in [-0.39, 0.29) is 24.1 Å². The number of amides is 1. The smallest absolute Gasteiger partial charge is 0.266 e. The summed E-state index contributed by atoms with van der Waals surface area (Å²) in [5, 5.41) is 9.99. The highest BCUT2D eigenvalue weighted by Gasteiger charge is 2.27. The van der Waals surface area contributed by atoms with Crippen LogP contribution in [0.15, 0.2) is 51.5 Å². The molecule has 29 heavy (non-hydrogen) atoms. The number of carbonyl (C=O) groups is 1. The van der Waals surface area contributed by atoms with Crippen LogP contribution in [0.25, 0.3) is 11.7 Å². The SMILES string of the molecule is N#Cc1nc(-c2ccco2)oc1N1CCN(C(=O)COc2ccc(Cl)cc2)CC1. The van der Waals surface area contributed by atoms with Crippen LogP contribution in [0.5, 0.6) is 5.75 Å². The molecule has 3 aromatic rings. The molecule has 8 nitrogen and oxygen atoms in total. The van der Waals surface area contributed by atoms with Crippen LogP contribution in [-0.2, 0) is 4.79 Å². The zero-order valence-corrected chi connectivity index (χ0v) is 16.1. The molecule has 0 saturated carbocycles. The molecule has 0 spiro atoms. The quantitative estimate of drug-likeness (QED) is 0.634. The highest BCUT2D eigenvalue weighted by Crippen LogP contribution is 2.29. The van der Waals surface area contributed by atoms with Crippen molar-refractivity contribution < 1.29 is 18.4 Å². The second-order valence-corrected chi connectivity index (χ2v) is 6.81. The van der Waals surface area contributed by atoms with Gasteiger partial charge in [0.05, 0.1) is 6.26 Å². The molecule has 1 aliphatic heterocycles. The first-order valence-electron chi connectivity index (χ1n) is 9.00. The fourth-order valence-corrected chi connectivity index (χ4v) is 3.16. The van der Waals surface area contributed by atoms with E-state index in [1.807, 2.05) is 4.90 Å². The predicted molar refractivity (Wildman–Crippen MR) is 105 cm³/mol. The summed E-state index contributed by atoms with van der Waals surface area (Å²) in [6.07, 6.45) is 1.52. The topological polar surface area (TPSA) is 95.7 Å². The van der Waals surface area contributed by atoms with Gasteiger partial charge in [-0.3, -0.25) is 4.79 Å². The van der Waals surface area contributed by atoms with Gasteiger partial charge >= 0.3 is 0 Å². The number of piperazine rings is 1. The Labute approximate surface area is 171 Å². The van der Waals surface area contributed by atoms with Gasteiger partial charge < -0.3 is 23.4 Å². The average Bonchev–Trinajstić information content (AvgIpc) is 3.43. The fraction of sp³-hybridized carbons (Fsp3) is 0.250. The van der Waals surface area contributed by atoms with Crippen molar-refractivity contribution in [2.45, 2.75) is 0 Å². The minimum atomic E-state index is -0.103. The number of oxazole rings is 1. The molecule has 0 aliphatic carbocycles. The third kappa shape index (κ3) is 4.20. The largest absolute Gasteiger partial charge is 0.484 e. The maximum Gasteiger partial charge on any atom is 0.266 e. The summed E-state index contributed by atoms with van der Waals surface area (Å²) in [4.78, 5) is 20.2. The minimum absolute atomic E-state index is 0.0456. The van der Waals surface area contributed by atoms with Gasteiger partial charge in [0.2, 0.25) is 11.6 Å². The van der Waals surface area contributed by atoms with Gasteiger partial charge in [0.15, 0.2) is 12.4 Å². The summed E-state index contributed by atoms with van der Waals surface area (Å²) in [7, 11) is 0. The normalized spacial score (nSPS) is 13.9. The zero-order chi connectivity index (χ0) is 20.2. The lowest BCUT2D eigenvalue weighted by Gasteiger charge is -2.34. The van der Waals surface area contributed by atoms with Gasteiger partial charge in [0.25, 0.3) is 11.8 Å². The van der Waals surface area contributed by atoms with Crippen LogP contribution >= 0.6 is 11.6 Å². The first kappa shape index (κ1) is 18.9. The van der Waals surface area contributed by atoms with Gasteiger partial charge in [-0.1, -0.05) is 11.6 Å². The van der Waals surface area contributed by atoms with Gasteiger partial charge in [-0.2, -0.15) is 10.2 Å². The van der Waals surface area contributed by atoms with E-state index in [0.717, 1.165) is 0 Å². The third-order valence-electron chi connectivity index (χ3n) is 4.54. The first-order chi connectivity index (χ1) is 14.1. The summed E-state index contributed by atoms with van der Waals surface area (Å²) < 4.78 is 16.6. The maximum absolute atomic E-state index is 12.4. The van der Waals surface area contributed by atoms with E-state index in [2.05, 4.69) is 11.1 Å². The van der Waals surface area contributed by atoms with Crippen LogP contribution in [0.1, 0.15) is 5.69 Å². The second kappa shape index (κ2) is 8.29. The average molecular weight is 413 g/mol. The van der Waals surface area contributed by atoms with Gasteiger partial charge in [-0.15, -0.1) is 0 Å². The van der Waals surface area contributed by atoms with Crippen molar-refractivity contribution in [1.82, 2.24) is 9.88 Å². The number of furan rings is 1. The Kier molecular flexibility index (Phi) is 5.40.